The van der Waals surface area contributed by atoms with Gasteiger partial charge in [0.2, 0.25) is 21.8 Å². The number of amides is 2. The molecule has 0 spiro atoms. The molecule has 2 amide bonds. The van der Waals surface area contributed by atoms with Gasteiger partial charge in [-0.1, -0.05) is 30.3 Å². The van der Waals surface area contributed by atoms with E-state index < -0.39 is 16.1 Å². The summed E-state index contributed by atoms with van der Waals surface area (Å²) in [7, 11) is -3.57. The van der Waals surface area contributed by atoms with Crippen molar-refractivity contribution in [2.75, 3.05) is 38.6 Å². The van der Waals surface area contributed by atoms with E-state index >= 15 is 0 Å². The topological polar surface area (TPSA) is 105 Å². The van der Waals surface area contributed by atoms with Crippen molar-refractivity contribution in [1.29, 1.82) is 0 Å². The Morgan fingerprint density at radius 3 is 2.71 bits per heavy atom. The SMILES string of the molecule is CCS(=O)(=O)NC(Cc1ccccc1)C(=O)N1CCCOCCNC(=O)CC1. The van der Waals surface area contributed by atoms with Gasteiger partial charge in [0.1, 0.15) is 6.04 Å². The van der Waals surface area contributed by atoms with Crippen LogP contribution >= 0.6 is 0 Å². The Kier molecular flexibility index (Phi) is 8.88. The van der Waals surface area contributed by atoms with E-state index in [-0.39, 0.29) is 37.0 Å². The minimum atomic E-state index is -3.57. The van der Waals surface area contributed by atoms with Crippen LogP contribution in [0, 0.1) is 0 Å². The minimum Gasteiger partial charge on any atom is -0.380 e. The Morgan fingerprint density at radius 2 is 2.00 bits per heavy atom. The molecule has 0 radical (unpaired) electrons. The zero-order valence-electron chi connectivity index (χ0n) is 16.2. The van der Waals surface area contributed by atoms with Crippen LogP contribution in [0.15, 0.2) is 30.3 Å². The Morgan fingerprint density at radius 1 is 1.25 bits per heavy atom. The molecular weight excluding hydrogens is 382 g/mol. The first kappa shape index (κ1) is 22.3. The first-order chi connectivity index (χ1) is 13.4. The van der Waals surface area contributed by atoms with Gasteiger partial charge in [0.15, 0.2) is 0 Å². The molecule has 1 aliphatic heterocycles. The van der Waals surface area contributed by atoms with Gasteiger partial charge in [-0.25, -0.2) is 13.1 Å². The molecule has 0 aromatic heterocycles. The molecule has 0 saturated carbocycles. The van der Waals surface area contributed by atoms with Gasteiger partial charge in [-0.2, -0.15) is 0 Å². The molecular formula is C19H29N3O5S. The number of sulfonamides is 1. The van der Waals surface area contributed by atoms with Crippen LogP contribution in [0.25, 0.3) is 0 Å². The van der Waals surface area contributed by atoms with E-state index in [4.69, 9.17) is 4.74 Å². The number of hydrogen-bond donors (Lipinski definition) is 2. The Balaban J connectivity index is 2.17. The summed E-state index contributed by atoms with van der Waals surface area (Å²) in [6, 6.07) is 8.35. The lowest BCUT2D eigenvalue weighted by atomic mass is 10.1. The van der Waals surface area contributed by atoms with Gasteiger partial charge < -0.3 is 15.0 Å². The monoisotopic (exact) mass is 411 g/mol. The van der Waals surface area contributed by atoms with Crippen LogP contribution in [0.5, 0.6) is 0 Å². The van der Waals surface area contributed by atoms with E-state index in [0.717, 1.165) is 5.56 Å². The van der Waals surface area contributed by atoms with E-state index in [9.17, 15) is 18.0 Å². The molecule has 1 aromatic rings. The zero-order valence-corrected chi connectivity index (χ0v) is 17.0. The predicted octanol–water partition coefficient (Wildman–Crippen LogP) is 0.292. The van der Waals surface area contributed by atoms with Gasteiger partial charge in [-0.15, -0.1) is 0 Å². The number of ether oxygens (including phenoxy) is 1. The Labute approximate surface area is 166 Å². The Hall–Kier alpha value is -1.97. The van der Waals surface area contributed by atoms with Crippen LogP contribution in [-0.2, 0) is 30.8 Å². The lowest BCUT2D eigenvalue weighted by Crippen LogP contribution is -2.51. The zero-order chi connectivity index (χ0) is 20.4. The predicted molar refractivity (Wildman–Crippen MR) is 106 cm³/mol. The van der Waals surface area contributed by atoms with Gasteiger partial charge in [-0.05, 0) is 25.3 Å². The van der Waals surface area contributed by atoms with Crippen molar-refractivity contribution < 1.29 is 22.7 Å². The number of rotatable bonds is 6. The van der Waals surface area contributed by atoms with Crippen LogP contribution in [0.4, 0.5) is 0 Å². The quantitative estimate of drug-likeness (QED) is 0.700. The minimum absolute atomic E-state index is 0.109. The highest BCUT2D eigenvalue weighted by Crippen LogP contribution is 2.09. The molecule has 1 atom stereocenters. The summed E-state index contributed by atoms with van der Waals surface area (Å²) < 4.78 is 32.2. The number of nitrogens with one attached hydrogen (secondary N) is 2. The maximum atomic E-state index is 13.2. The van der Waals surface area contributed by atoms with E-state index in [0.29, 0.717) is 32.7 Å². The number of carbonyl (C=O) groups is 2. The van der Waals surface area contributed by atoms with Crippen molar-refractivity contribution in [1.82, 2.24) is 14.9 Å². The molecule has 28 heavy (non-hydrogen) atoms. The molecule has 1 aliphatic rings. The third-order valence-corrected chi connectivity index (χ3v) is 5.89. The summed E-state index contributed by atoms with van der Waals surface area (Å²) in [5.74, 6) is -0.591. The second-order valence-electron chi connectivity index (χ2n) is 6.65. The van der Waals surface area contributed by atoms with Gasteiger partial charge in [0, 0.05) is 32.7 Å². The molecule has 0 bridgehead atoms. The molecule has 1 unspecified atom stereocenters. The molecule has 2 N–H and O–H groups in total. The summed E-state index contributed by atoms with van der Waals surface area (Å²) in [5, 5.41) is 2.74. The lowest BCUT2D eigenvalue weighted by molar-refractivity contribution is -0.133. The van der Waals surface area contributed by atoms with E-state index in [1.165, 1.54) is 6.92 Å². The van der Waals surface area contributed by atoms with Gasteiger partial charge >= 0.3 is 0 Å². The number of nitrogens with zero attached hydrogens (tertiary/aromatic N) is 1. The summed E-state index contributed by atoms with van der Waals surface area (Å²) >= 11 is 0. The average molecular weight is 412 g/mol. The highest BCUT2D eigenvalue weighted by atomic mass is 32.2. The standard InChI is InChI=1S/C19H29N3O5S/c1-2-28(25,26)21-17(15-16-7-4-3-5-8-16)19(24)22-11-6-13-27-14-10-20-18(23)9-12-22/h3-5,7-8,17,21H,2,6,9-15H2,1H3,(H,20,23). The van der Waals surface area contributed by atoms with Crippen LogP contribution in [-0.4, -0.2) is 69.8 Å². The van der Waals surface area contributed by atoms with Crippen LogP contribution in [0.2, 0.25) is 0 Å². The third kappa shape index (κ3) is 7.57. The fourth-order valence-corrected chi connectivity index (χ4v) is 3.71. The molecule has 1 saturated heterocycles. The number of carbonyl (C=O) groups excluding carboxylic acids is 2. The summed E-state index contributed by atoms with van der Waals surface area (Å²) in [5.41, 5.74) is 0.860. The molecule has 8 nitrogen and oxygen atoms in total. The van der Waals surface area contributed by atoms with Crippen LogP contribution in [0.1, 0.15) is 25.3 Å². The maximum Gasteiger partial charge on any atom is 0.241 e. The normalized spacial score (nSPS) is 18.0. The molecule has 9 heteroatoms. The van der Waals surface area contributed by atoms with E-state index in [1.807, 2.05) is 30.3 Å². The lowest BCUT2D eigenvalue weighted by Gasteiger charge is -2.27. The number of hydrogen-bond acceptors (Lipinski definition) is 5. The molecule has 0 aliphatic carbocycles. The summed E-state index contributed by atoms with van der Waals surface area (Å²) in [4.78, 5) is 26.6. The second-order valence-corrected chi connectivity index (χ2v) is 8.70. The fraction of sp³-hybridized carbons (Fsp3) is 0.579. The smallest absolute Gasteiger partial charge is 0.241 e. The van der Waals surface area contributed by atoms with Crippen LogP contribution < -0.4 is 10.0 Å². The molecule has 1 heterocycles. The van der Waals surface area contributed by atoms with Crippen molar-refractivity contribution in [3.63, 3.8) is 0 Å². The summed E-state index contributed by atoms with van der Waals surface area (Å²) in [6.07, 6.45) is 1.04. The van der Waals surface area contributed by atoms with Crippen molar-refractivity contribution in [3.05, 3.63) is 35.9 Å². The van der Waals surface area contributed by atoms with Crippen LogP contribution in [0.3, 0.4) is 0 Å². The van der Waals surface area contributed by atoms with Crippen molar-refractivity contribution in [2.45, 2.75) is 32.2 Å². The van der Waals surface area contributed by atoms with Gasteiger partial charge in [0.05, 0.1) is 12.4 Å². The maximum absolute atomic E-state index is 13.2. The highest BCUT2D eigenvalue weighted by molar-refractivity contribution is 7.89. The number of benzene rings is 1. The summed E-state index contributed by atoms with van der Waals surface area (Å²) in [6.45, 7) is 3.53. The second kappa shape index (κ2) is 11.1. The molecule has 156 valence electrons. The van der Waals surface area contributed by atoms with Crippen molar-refractivity contribution >= 4 is 21.8 Å². The van der Waals surface area contributed by atoms with Gasteiger partial charge in [-0.3, -0.25) is 9.59 Å². The Bertz CT molecular complexity index is 739. The first-order valence-electron chi connectivity index (χ1n) is 9.58. The average Bonchev–Trinajstić information content (AvgIpc) is 2.73. The highest BCUT2D eigenvalue weighted by Gasteiger charge is 2.28. The van der Waals surface area contributed by atoms with E-state index in [1.54, 1.807) is 4.90 Å². The molecule has 1 aromatic carbocycles. The van der Waals surface area contributed by atoms with Crippen molar-refractivity contribution in [2.24, 2.45) is 0 Å². The fourth-order valence-electron chi connectivity index (χ4n) is 2.93. The largest absolute Gasteiger partial charge is 0.380 e. The third-order valence-electron chi connectivity index (χ3n) is 4.49. The first-order valence-corrected chi connectivity index (χ1v) is 11.2. The van der Waals surface area contributed by atoms with Gasteiger partial charge in [0.25, 0.3) is 0 Å². The molecule has 2 rings (SSSR count). The molecule has 1 fully saturated rings. The van der Waals surface area contributed by atoms with Crippen molar-refractivity contribution in [3.8, 4) is 0 Å². The van der Waals surface area contributed by atoms with E-state index in [2.05, 4.69) is 10.0 Å².